The number of ether oxygens (including phenoxy) is 1. The SMILES string of the molecule is COC(=O)c1csc(C(C)(C)O)c1. The van der Waals surface area contributed by atoms with E-state index in [-0.39, 0.29) is 5.97 Å². The molecule has 1 heterocycles. The fourth-order valence-corrected chi connectivity index (χ4v) is 1.78. The van der Waals surface area contributed by atoms with Crippen LogP contribution in [-0.2, 0) is 10.3 Å². The molecule has 0 radical (unpaired) electrons. The zero-order chi connectivity index (χ0) is 10.1. The number of methoxy groups -OCH3 is 1. The Balaban J connectivity index is 2.93. The van der Waals surface area contributed by atoms with Crippen LogP contribution in [0.15, 0.2) is 11.4 Å². The van der Waals surface area contributed by atoms with E-state index in [4.69, 9.17) is 0 Å². The Morgan fingerprint density at radius 1 is 1.62 bits per heavy atom. The summed E-state index contributed by atoms with van der Waals surface area (Å²) in [6.07, 6.45) is 0. The molecule has 0 aliphatic carbocycles. The molecule has 0 fully saturated rings. The monoisotopic (exact) mass is 200 g/mol. The van der Waals surface area contributed by atoms with Crippen molar-refractivity contribution in [2.75, 3.05) is 7.11 Å². The average Bonchev–Trinajstić information content (AvgIpc) is 2.50. The number of hydrogen-bond acceptors (Lipinski definition) is 4. The standard InChI is InChI=1S/C9H12O3S/c1-9(2,11)7-4-6(5-13-7)8(10)12-3/h4-5,11H,1-3H3. The van der Waals surface area contributed by atoms with Crippen molar-refractivity contribution in [3.05, 3.63) is 21.9 Å². The summed E-state index contributed by atoms with van der Waals surface area (Å²) in [7, 11) is 1.34. The highest BCUT2D eigenvalue weighted by Gasteiger charge is 2.20. The summed E-state index contributed by atoms with van der Waals surface area (Å²) in [5.74, 6) is -0.369. The summed E-state index contributed by atoms with van der Waals surface area (Å²) in [4.78, 5) is 11.8. The average molecular weight is 200 g/mol. The van der Waals surface area contributed by atoms with Crippen molar-refractivity contribution in [2.45, 2.75) is 19.4 Å². The first kappa shape index (κ1) is 10.2. The van der Waals surface area contributed by atoms with E-state index in [0.29, 0.717) is 5.56 Å². The molecule has 1 rings (SSSR count). The molecule has 3 nitrogen and oxygen atoms in total. The molecule has 0 aliphatic rings. The molecular formula is C9H12O3S. The van der Waals surface area contributed by atoms with Crippen molar-refractivity contribution in [1.29, 1.82) is 0 Å². The topological polar surface area (TPSA) is 46.5 Å². The van der Waals surface area contributed by atoms with Gasteiger partial charge in [-0.2, -0.15) is 0 Å². The first-order valence-electron chi connectivity index (χ1n) is 3.85. The number of aliphatic hydroxyl groups is 1. The van der Waals surface area contributed by atoms with Gasteiger partial charge in [0.15, 0.2) is 0 Å². The van der Waals surface area contributed by atoms with Gasteiger partial charge < -0.3 is 9.84 Å². The summed E-state index contributed by atoms with van der Waals surface area (Å²) in [5, 5.41) is 11.3. The minimum atomic E-state index is -0.892. The van der Waals surface area contributed by atoms with E-state index >= 15 is 0 Å². The highest BCUT2D eigenvalue weighted by Crippen LogP contribution is 2.26. The third-order valence-electron chi connectivity index (χ3n) is 1.62. The molecule has 4 heteroatoms. The lowest BCUT2D eigenvalue weighted by Crippen LogP contribution is -2.13. The van der Waals surface area contributed by atoms with E-state index in [1.165, 1.54) is 18.4 Å². The zero-order valence-electron chi connectivity index (χ0n) is 7.83. The van der Waals surface area contributed by atoms with E-state index < -0.39 is 5.60 Å². The van der Waals surface area contributed by atoms with Crippen LogP contribution in [0.1, 0.15) is 29.1 Å². The fourth-order valence-electron chi connectivity index (χ4n) is 0.882. The Hall–Kier alpha value is -0.870. The van der Waals surface area contributed by atoms with Crippen LogP contribution in [-0.4, -0.2) is 18.2 Å². The Kier molecular flexibility index (Phi) is 2.73. The quantitative estimate of drug-likeness (QED) is 0.740. The summed E-state index contributed by atoms with van der Waals surface area (Å²) in [5.41, 5.74) is -0.402. The van der Waals surface area contributed by atoms with E-state index in [9.17, 15) is 9.90 Å². The third-order valence-corrected chi connectivity index (χ3v) is 2.87. The molecule has 0 atom stereocenters. The predicted octanol–water partition coefficient (Wildman–Crippen LogP) is 1.76. The number of carbonyl (C=O) groups excluding carboxylic acids is 1. The summed E-state index contributed by atoms with van der Waals surface area (Å²) in [6, 6.07) is 1.65. The van der Waals surface area contributed by atoms with Crippen molar-refractivity contribution in [2.24, 2.45) is 0 Å². The number of hydrogen-bond donors (Lipinski definition) is 1. The maximum absolute atomic E-state index is 11.1. The number of carbonyl (C=O) groups is 1. The lowest BCUT2D eigenvalue weighted by atomic mass is 10.1. The second kappa shape index (κ2) is 3.47. The highest BCUT2D eigenvalue weighted by atomic mass is 32.1. The molecule has 0 saturated heterocycles. The van der Waals surface area contributed by atoms with E-state index in [2.05, 4.69) is 4.74 Å². The normalized spacial score (nSPS) is 11.4. The van der Waals surface area contributed by atoms with Gasteiger partial charge in [-0.05, 0) is 19.9 Å². The molecule has 0 aliphatic heterocycles. The molecule has 0 spiro atoms. The van der Waals surface area contributed by atoms with Gasteiger partial charge in [0.1, 0.15) is 0 Å². The van der Waals surface area contributed by atoms with Gasteiger partial charge in [-0.25, -0.2) is 4.79 Å². The van der Waals surface area contributed by atoms with Gasteiger partial charge in [0, 0.05) is 10.3 Å². The van der Waals surface area contributed by atoms with Crippen molar-refractivity contribution in [3.8, 4) is 0 Å². The lowest BCUT2D eigenvalue weighted by molar-refractivity contribution is 0.0600. The van der Waals surface area contributed by atoms with Crippen LogP contribution < -0.4 is 0 Å². The van der Waals surface area contributed by atoms with Gasteiger partial charge in [0.25, 0.3) is 0 Å². The Morgan fingerprint density at radius 3 is 2.62 bits per heavy atom. The van der Waals surface area contributed by atoms with E-state index in [1.54, 1.807) is 25.3 Å². The number of esters is 1. The molecule has 0 bridgehead atoms. The third kappa shape index (κ3) is 2.29. The lowest BCUT2D eigenvalue weighted by Gasteiger charge is -2.13. The fraction of sp³-hybridized carbons (Fsp3) is 0.444. The van der Waals surface area contributed by atoms with Gasteiger partial charge in [-0.3, -0.25) is 0 Å². The minimum absolute atomic E-state index is 0.369. The molecule has 0 aromatic carbocycles. The van der Waals surface area contributed by atoms with Crippen LogP contribution in [0.25, 0.3) is 0 Å². The summed E-state index contributed by atoms with van der Waals surface area (Å²) >= 11 is 1.35. The summed E-state index contributed by atoms with van der Waals surface area (Å²) in [6.45, 7) is 3.36. The molecule has 1 aromatic rings. The van der Waals surface area contributed by atoms with E-state index in [0.717, 1.165) is 4.88 Å². The van der Waals surface area contributed by atoms with Crippen molar-refractivity contribution >= 4 is 17.3 Å². The molecule has 0 amide bonds. The molecule has 1 aromatic heterocycles. The van der Waals surface area contributed by atoms with Crippen LogP contribution in [0.2, 0.25) is 0 Å². The largest absolute Gasteiger partial charge is 0.465 e. The van der Waals surface area contributed by atoms with Crippen LogP contribution in [0.4, 0.5) is 0 Å². The van der Waals surface area contributed by atoms with Crippen molar-refractivity contribution < 1.29 is 14.6 Å². The zero-order valence-corrected chi connectivity index (χ0v) is 8.64. The maximum atomic E-state index is 11.1. The minimum Gasteiger partial charge on any atom is -0.465 e. The molecule has 13 heavy (non-hydrogen) atoms. The van der Waals surface area contributed by atoms with Crippen molar-refractivity contribution in [1.82, 2.24) is 0 Å². The highest BCUT2D eigenvalue weighted by molar-refractivity contribution is 7.10. The second-order valence-corrected chi connectivity index (χ2v) is 4.16. The van der Waals surface area contributed by atoms with Gasteiger partial charge in [-0.15, -0.1) is 11.3 Å². The first-order valence-corrected chi connectivity index (χ1v) is 4.73. The van der Waals surface area contributed by atoms with Crippen LogP contribution >= 0.6 is 11.3 Å². The molecule has 1 N–H and O–H groups in total. The number of thiophene rings is 1. The van der Waals surface area contributed by atoms with Crippen molar-refractivity contribution in [3.63, 3.8) is 0 Å². The Bertz CT molecular complexity index is 309. The molecule has 0 saturated carbocycles. The van der Waals surface area contributed by atoms with E-state index in [1.807, 2.05) is 0 Å². The molecule has 72 valence electrons. The maximum Gasteiger partial charge on any atom is 0.338 e. The Labute approximate surface area is 81.0 Å². The van der Waals surface area contributed by atoms with Gasteiger partial charge in [0.05, 0.1) is 18.3 Å². The molecular weight excluding hydrogens is 188 g/mol. The van der Waals surface area contributed by atoms with Crippen LogP contribution in [0.5, 0.6) is 0 Å². The predicted molar refractivity (Wildman–Crippen MR) is 50.9 cm³/mol. The molecule has 0 unspecified atom stereocenters. The first-order chi connectivity index (χ1) is 5.95. The van der Waals surface area contributed by atoms with Gasteiger partial charge >= 0.3 is 5.97 Å². The van der Waals surface area contributed by atoms with Crippen LogP contribution in [0, 0.1) is 0 Å². The van der Waals surface area contributed by atoms with Gasteiger partial charge in [-0.1, -0.05) is 0 Å². The summed E-state index contributed by atoms with van der Waals surface area (Å²) < 4.78 is 4.55. The van der Waals surface area contributed by atoms with Gasteiger partial charge in [0.2, 0.25) is 0 Å². The second-order valence-electron chi connectivity index (χ2n) is 3.25. The van der Waals surface area contributed by atoms with Crippen LogP contribution in [0.3, 0.4) is 0 Å². The number of rotatable bonds is 2. The Morgan fingerprint density at radius 2 is 2.23 bits per heavy atom. The smallest absolute Gasteiger partial charge is 0.338 e.